The Bertz CT molecular complexity index is 986. The fourth-order valence-corrected chi connectivity index (χ4v) is 6.72. The molecule has 4 atom stereocenters. The summed E-state index contributed by atoms with van der Waals surface area (Å²) in [6, 6.07) is 4.01. The van der Waals surface area contributed by atoms with Crippen LogP contribution in [0.25, 0.3) is 0 Å². The second-order valence-corrected chi connectivity index (χ2v) is 9.74. The topological polar surface area (TPSA) is 102 Å². The van der Waals surface area contributed by atoms with Gasteiger partial charge in [-0.25, -0.2) is 4.79 Å². The Kier molecular flexibility index (Phi) is 4.59. The van der Waals surface area contributed by atoms with E-state index in [-0.39, 0.29) is 38.0 Å². The highest BCUT2D eigenvalue weighted by Gasteiger charge is 2.69. The summed E-state index contributed by atoms with van der Waals surface area (Å²) in [6.45, 7) is 0.684. The Morgan fingerprint density at radius 1 is 1.19 bits per heavy atom. The molecule has 174 valence electrons. The summed E-state index contributed by atoms with van der Waals surface area (Å²) in [5.41, 5.74) is -1.67. The lowest BCUT2D eigenvalue weighted by atomic mass is 9.46. The van der Waals surface area contributed by atoms with Crippen molar-refractivity contribution >= 4 is 11.9 Å². The third-order valence-electron chi connectivity index (χ3n) is 8.13. The molecule has 10 heteroatoms. The number of alkyl halides is 3. The van der Waals surface area contributed by atoms with Gasteiger partial charge in [0.1, 0.15) is 11.3 Å². The number of aliphatic hydroxyl groups is 1. The standard InChI is InChI=1S/C22H26F3N3O4/c23-22(24,25)4-1-8-28-9-7-19-12-20(17(30)26-18(31)27-20)5-6-21(19,32)16(28)10-13-2-3-14(29)11-15(13)19/h2-3,11,16,29,32H,1,4-10,12H2,(H2,26,27,30,31)/t16-,19-,20+,21-/m1/s1. The zero-order chi connectivity index (χ0) is 22.9. The zero-order valence-electron chi connectivity index (χ0n) is 17.5. The van der Waals surface area contributed by atoms with E-state index in [2.05, 4.69) is 10.6 Å². The molecule has 0 aromatic heterocycles. The average Bonchev–Trinajstić information content (AvgIpc) is 2.96. The number of nitrogens with one attached hydrogen (secondary N) is 2. The van der Waals surface area contributed by atoms with Crippen LogP contribution in [0.4, 0.5) is 18.0 Å². The number of amides is 3. The molecule has 3 fully saturated rings. The van der Waals surface area contributed by atoms with Gasteiger partial charge in [-0.05, 0) is 74.9 Å². The number of carbonyl (C=O) groups excluding carboxylic acids is 2. The van der Waals surface area contributed by atoms with Crippen molar-refractivity contribution in [3.8, 4) is 5.75 Å². The van der Waals surface area contributed by atoms with Crippen LogP contribution in [-0.4, -0.2) is 63.5 Å². The highest BCUT2D eigenvalue weighted by Crippen LogP contribution is 2.60. The molecule has 2 saturated heterocycles. The maximum Gasteiger partial charge on any atom is 0.389 e. The second kappa shape index (κ2) is 6.84. The van der Waals surface area contributed by atoms with Gasteiger partial charge in [0.25, 0.3) is 5.91 Å². The molecule has 2 bridgehead atoms. The van der Waals surface area contributed by atoms with E-state index < -0.39 is 47.1 Å². The molecule has 32 heavy (non-hydrogen) atoms. The summed E-state index contributed by atoms with van der Waals surface area (Å²) < 4.78 is 38.1. The fraction of sp³-hybridized carbons (Fsp3) is 0.636. The van der Waals surface area contributed by atoms with E-state index in [0.717, 1.165) is 11.1 Å². The van der Waals surface area contributed by atoms with Crippen molar-refractivity contribution < 1.29 is 33.0 Å². The summed E-state index contributed by atoms with van der Waals surface area (Å²) >= 11 is 0. The first kappa shape index (κ1) is 21.5. The van der Waals surface area contributed by atoms with Crippen LogP contribution in [0, 0.1) is 0 Å². The van der Waals surface area contributed by atoms with Gasteiger partial charge in [0.15, 0.2) is 0 Å². The number of imide groups is 1. The Labute approximate surface area is 183 Å². The third kappa shape index (κ3) is 3.02. The van der Waals surface area contributed by atoms with E-state index in [0.29, 0.717) is 19.4 Å². The minimum atomic E-state index is -4.22. The van der Waals surface area contributed by atoms with Gasteiger partial charge in [0.2, 0.25) is 0 Å². The molecule has 1 aromatic rings. The van der Waals surface area contributed by atoms with Gasteiger partial charge >= 0.3 is 12.2 Å². The van der Waals surface area contributed by atoms with E-state index >= 15 is 0 Å². The fourth-order valence-electron chi connectivity index (χ4n) is 6.72. The quantitative estimate of drug-likeness (QED) is 0.525. The van der Waals surface area contributed by atoms with E-state index in [1.54, 1.807) is 18.2 Å². The molecule has 5 rings (SSSR count). The van der Waals surface area contributed by atoms with Gasteiger partial charge in [-0.2, -0.15) is 13.2 Å². The molecule has 2 aliphatic carbocycles. The maximum absolute atomic E-state index is 12.7. The maximum atomic E-state index is 12.7. The van der Waals surface area contributed by atoms with E-state index in [1.165, 1.54) is 0 Å². The van der Waals surface area contributed by atoms with Gasteiger partial charge in [-0.15, -0.1) is 0 Å². The lowest BCUT2D eigenvalue weighted by Crippen LogP contribution is -2.76. The smallest absolute Gasteiger partial charge is 0.389 e. The normalized spacial score (nSPS) is 36.4. The summed E-state index contributed by atoms with van der Waals surface area (Å²) in [5, 5.41) is 27.4. The molecule has 0 unspecified atom stereocenters. The number of phenolic OH excluding ortho intramolecular Hbond substituents is 1. The molecular weight excluding hydrogens is 427 g/mol. The minimum Gasteiger partial charge on any atom is -0.508 e. The summed E-state index contributed by atoms with van der Waals surface area (Å²) in [7, 11) is 0. The number of phenols is 1. The lowest BCUT2D eigenvalue weighted by molar-refractivity contribution is -0.181. The summed E-state index contributed by atoms with van der Waals surface area (Å²) in [4.78, 5) is 26.6. The molecule has 4 N–H and O–H groups in total. The van der Waals surface area contributed by atoms with Crippen molar-refractivity contribution in [2.75, 3.05) is 13.1 Å². The number of benzene rings is 1. The molecule has 4 aliphatic rings. The SMILES string of the molecule is O=C1NC(=O)[C@@]2(CC[C@@]3(O)[C@H]4Cc5ccc(O)cc5[C@@]3(CCN4CCCC(F)(F)F)C2)N1. The van der Waals surface area contributed by atoms with Gasteiger partial charge in [-0.1, -0.05) is 6.07 Å². The van der Waals surface area contributed by atoms with Gasteiger partial charge in [0, 0.05) is 17.9 Å². The molecule has 1 saturated carbocycles. The first-order valence-corrected chi connectivity index (χ1v) is 11.0. The number of aromatic hydroxyl groups is 1. The third-order valence-corrected chi connectivity index (χ3v) is 8.13. The first-order valence-electron chi connectivity index (χ1n) is 11.0. The number of hydrogen-bond donors (Lipinski definition) is 4. The molecule has 0 radical (unpaired) electrons. The molecular formula is C22H26F3N3O4. The van der Waals surface area contributed by atoms with Crippen LogP contribution < -0.4 is 10.6 Å². The Morgan fingerprint density at radius 3 is 2.66 bits per heavy atom. The Hall–Kier alpha value is -2.33. The number of fused-ring (bicyclic) bond motifs is 1. The summed E-state index contributed by atoms with van der Waals surface area (Å²) in [5.74, 6) is -0.374. The van der Waals surface area contributed by atoms with Crippen molar-refractivity contribution in [1.82, 2.24) is 15.5 Å². The molecule has 1 spiro atoms. The number of hydrogen-bond acceptors (Lipinski definition) is 5. The van der Waals surface area contributed by atoms with E-state index in [1.807, 2.05) is 4.90 Å². The molecule has 7 nitrogen and oxygen atoms in total. The highest BCUT2D eigenvalue weighted by molar-refractivity contribution is 6.07. The van der Waals surface area contributed by atoms with Crippen molar-refractivity contribution in [2.24, 2.45) is 0 Å². The molecule has 3 amide bonds. The Balaban J connectivity index is 1.54. The number of rotatable bonds is 3. The molecule has 1 aromatic carbocycles. The molecule has 2 heterocycles. The largest absolute Gasteiger partial charge is 0.508 e. The van der Waals surface area contributed by atoms with Crippen LogP contribution in [0.5, 0.6) is 5.75 Å². The van der Waals surface area contributed by atoms with E-state index in [9.17, 15) is 33.0 Å². The van der Waals surface area contributed by atoms with E-state index in [4.69, 9.17) is 0 Å². The van der Waals surface area contributed by atoms with Crippen LogP contribution in [0.2, 0.25) is 0 Å². The van der Waals surface area contributed by atoms with Crippen LogP contribution in [0.1, 0.15) is 49.7 Å². The Morgan fingerprint density at radius 2 is 1.97 bits per heavy atom. The van der Waals surface area contributed by atoms with Crippen LogP contribution in [0.15, 0.2) is 18.2 Å². The lowest BCUT2D eigenvalue weighted by Gasteiger charge is -2.65. The number of nitrogens with zero attached hydrogens (tertiary/aromatic N) is 1. The number of halogens is 3. The van der Waals surface area contributed by atoms with Crippen molar-refractivity contribution in [2.45, 2.75) is 73.7 Å². The summed E-state index contributed by atoms with van der Waals surface area (Å²) in [6.07, 6.45) is -3.65. The first-order chi connectivity index (χ1) is 15.0. The van der Waals surface area contributed by atoms with Gasteiger partial charge < -0.3 is 15.5 Å². The highest BCUT2D eigenvalue weighted by atomic mass is 19.4. The number of urea groups is 1. The molecule has 2 aliphatic heterocycles. The van der Waals surface area contributed by atoms with Crippen LogP contribution >= 0.6 is 0 Å². The van der Waals surface area contributed by atoms with Crippen LogP contribution in [-0.2, 0) is 16.6 Å². The number of piperidine rings is 1. The van der Waals surface area contributed by atoms with Crippen molar-refractivity contribution in [3.63, 3.8) is 0 Å². The minimum absolute atomic E-state index is 0.0473. The predicted molar refractivity (Wildman–Crippen MR) is 107 cm³/mol. The predicted octanol–water partition coefficient (Wildman–Crippen LogP) is 2.10. The average molecular weight is 453 g/mol. The van der Waals surface area contributed by atoms with Crippen LogP contribution in [0.3, 0.4) is 0 Å². The van der Waals surface area contributed by atoms with Gasteiger partial charge in [0.05, 0.1) is 5.60 Å². The second-order valence-electron chi connectivity index (χ2n) is 9.74. The van der Waals surface area contributed by atoms with Crippen molar-refractivity contribution in [1.29, 1.82) is 0 Å². The monoisotopic (exact) mass is 453 g/mol. The zero-order valence-corrected chi connectivity index (χ0v) is 17.5. The van der Waals surface area contributed by atoms with Crippen molar-refractivity contribution in [3.05, 3.63) is 29.3 Å². The number of likely N-dealkylation sites (tertiary alicyclic amines) is 1. The van der Waals surface area contributed by atoms with Gasteiger partial charge in [-0.3, -0.25) is 15.0 Å². The number of carbonyl (C=O) groups is 2.